The number of aromatic nitrogens is 2. The van der Waals surface area contributed by atoms with Crippen LogP contribution in [0.5, 0.6) is 0 Å². The Labute approximate surface area is 132 Å². The largest absolute Gasteiger partial charge is 0.390 e. The summed E-state index contributed by atoms with van der Waals surface area (Å²) in [4.78, 5) is 5.06. The Morgan fingerprint density at radius 2 is 2.00 bits per heavy atom. The molecule has 6 heteroatoms. The zero-order valence-electron chi connectivity index (χ0n) is 13.8. The summed E-state index contributed by atoms with van der Waals surface area (Å²) in [7, 11) is 0. The van der Waals surface area contributed by atoms with Gasteiger partial charge in [-0.15, -0.1) is 0 Å². The van der Waals surface area contributed by atoms with Crippen LogP contribution in [0.15, 0.2) is 6.07 Å². The van der Waals surface area contributed by atoms with E-state index in [0.29, 0.717) is 0 Å². The number of hydrogen-bond acceptors (Lipinski definition) is 5. The standard InChI is InChI=1S/C16H28N4O2/c1-16(2,19-6-8-22-9-7-19)13-18-4-3-5-20-15(11-18)10-14(12-21)17-20/h10,21H,3-9,11-13H2,1-2H3. The smallest absolute Gasteiger partial charge is 0.0882 e. The molecule has 1 fully saturated rings. The number of ether oxygens (including phenoxy) is 1. The Hall–Kier alpha value is -0.950. The first-order valence-corrected chi connectivity index (χ1v) is 8.30. The molecule has 1 aromatic rings. The van der Waals surface area contributed by atoms with Crippen molar-refractivity contribution in [3.8, 4) is 0 Å². The van der Waals surface area contributed by atoms with Crippen molar-refractivity contribution < 1.29 is 9.84 Å². The Balaban J connectivity index is 1.66. The summed E-state index contributed by atoms with van der Waals surface area (Å²) in [5.41, 5.74) is 2.15. The number of hydrogen-bond donors (Lipinski definition) is 1. The predicted molar refractivity (Wildman–Crippen MR) is 84.5 cm³/mol. The predicted octanol–water partition coefficient (Wildman–Crippen LogP) is 0.692. The summed E-state index contributed by atoms with van der Waals surface area (Å²) >= 11 is 0. The van der Waals surface area contributed by atoms with Gasteiger partial charge in [0.25, 0.3) is 0 Å². The van der Waals surface area contributed by atoms with E-state index in [-0.39, 0.29) is 12.1 Å². The number of rotatable bonds is 4. The summed E-state index contributed by atoms with van der Waals surface area (Å²) in [5, 5.41) is 13.7. The van der Waals surface area contributed by atoms with Crippen LogP contribution < -0.4 is 0 Å². The lowest BCUT2D eigenvalue weighted by Gasteiger charge is -2.43. The summed E-state index contributed by atoms with van der Waals surface area (Å²) in [6, 6.07) is 2.04. The first kappa shape index (κ1) is 15.9. The summed E-state index contributed by atoms with van der Waals surface area (Å²) in [5.74, 6) is 0. The van der Waals surface area contributed by atoms with Gasteiger partial charge in [0, 0.05) is 44.8 Å². The van der Waals surface area contributed by atoms with E-state index in [0.717, 1.165) is 64.6 Å². The first-order valence-electron chi connectivity index (χ1n) is 8.30. The molecule has 0 saturated carbocycles. The molecule has 0 aromatic carbocycles. The van der Waals surface area contributed by atoms with Crippen molar-refractivity contribution in [3.63, 3.8) is 0 Å². The molecule has 0 spiro atoms. The van der Waals surface area contributed by atoms with Crippen LogP contribution in [0.3, 0.4) is 0 Å². The lowest BCUT2D eigenvalue weighted by atomic mass is 10.0. The normalized spacial score (nSPS) is 21.6. The molecule has 2 aliphatic heterocycles. The highest BCUT2D eigenvalue weighted by Crippen LogP contribution is 2.21. The Kier molecular flexibility index (Phi) is 4.82. The van der Waals surface area contributed by atoms with Gasteiger partial charge in [0.1, 0.15) is 0 Å². The van der Waals surface area contributed by atoms with E-state index in [1.54, 1.807) is 0 Å². The highest BCUT2D eigenvalue weighted by Gasteiger charge is 2.31. The van der Waals surface area contributed by atoms with Gasteiger partial charge in [-0.05, 0) is 26.3 Å². The van der Waals surface area contributed by atoms with Gasteiger partial charge in [-0.2, -0.15) is 5.10 Å². The van der Waals surface area contributed by atoms with E-state index < -0.39 is 0 Å². The maximum Gasteiger partial charge on any atom is 0.0882 e. The van der Waals surface area contributed by atoms with Crippen molar-refractivity contribution in [2.75, 3.05) is 39.4 Å². The number of aryl methyl sites for hydroxylation is 1. The van der Waals surface area contributed by atoms with Crippen molar-refractivity contribution in [1.29, 1.82) is 0 Å². The molecular weight excluding hydrogens is 280 g/mol. The molecule has 0 unspecified atom stereocenters. The van der Waals surface area contributed by atoms with Crippen LogP contribution in [-0.2, 0) is 24.4 Å². The minimum absolute atomic E-state index is 0.0271. The van der Waals surface area contributed by atoms with Crippen LogP contribution in [0.4, 0.5) is 0 Å². The van der Waals surface area contributed by atoms with Crippen molar-refractivity contribution >= 4 is 0 Å². The highest BCUT2D eigenvalue weighted by molar-refractivity contribution is 5.10. The molecule has 0 radical (unpaired) electrons. The van der Waals surface area contributed by atoms with Gasteiger partial charge in [0.05, 0.1) is 31.2 Å². The second-order valence-corrected chi connectivity index (χ2v) is 6.98. The van der Waals surface area contributed by atoms with Gasteiger partial charge in [-0.25, -0.2) is 0 Å². The number of aliphatic hydroxyl groups excluding tert-OH is 1. The van der Waals surface area contributed by atoms with Gasteiger partial charge < -0.3 is 9.84 Å². The Morgan fingerprint density at radius 1 is 1.23 bits per heavy atom. The van der Waals surface area contributed by atoms with E-state index in [1.807, 2.05) is 6.07 Å². The van der Waals surface area contributed by atoms with Crippen LogP contribution in [0.2, 0.25) is 0 Å². The van der Waals surface area contributed by atoms with Crippen molar-refractivity contribution in [1.82, 2.24) is 19.6 Å². The average Bonchev–Trinajstić information content (AvgIpc) is 2.81. The molecule has 22 heavy (non-hydrogen) atoms. The zero-order chi connectivity index (χ0) is 15.6. The van der Waals surface area contributed by atoms with E-state index in [1.165, 1.54) is 5.69 Å². The monoisotopic (exact) mass is 308 g/mol. The summed E-state index contributed by atoms with van der Waals surface area (Å²) < 4.78 is 7.54. The number of fused-ring (bicyclic) bond motifs is 1. The SMILES string of the molecule is CC(C)(CN1CCCn2nc(CO)cc2C1)N1CCOCC1. The van der Waals surface area contributed by atoms with Gasteiger partial charge in [-0.3, -0.25) is 14.5 Å². The lowest BCUT2D eigenvalue weighted by Crippen LogP contribution is -2.55. The third-order valence-corrected chi connectivity index (χ3v) is 4.78. The third-order valence-electron chi connectivity index (χ3n) is 4.78. The molecule has 0 amide bonds. The first-order chi connectivity index (χ1) is 10.6. The average molecular weight is 308 g/mol. The molecule has 1 saturated heterocycles. The summed E-state index contributed by atoms with van der Waals surface area (Å²) in [6.45, 7) is 12.4. The molecule has 1 N–H and O–H groups in total. The number of nitrogens with zero attached hydrogens (tertiary/aromatic N) is 4. The Morgan fingerprint density at radius 3 is 2.73 bits per heavy atom. The topological polar surface area (TPSA) is 53.8 Å². The second kappa shape index (κ2) is 6.66. The minimum Gasteiger partial charge on any atom is -0.390 e. The Bertz CT molecular complexity index is 494. The van der Waals surface area contributed by atoms with Crippen LogP contribution in [0.1, 0.15) is 31.7 Å². The molecule has 124 valence electrons. The van der Waals surface area contributed by atoms with Crippen LogP contribution in [0.25, 0.3) is 0 Å². The lowest BCUT2D eigenvalue weighted by molar-refractivity contribution is -0.0224. The third kappa shape index (κ3) is 3.51. The van der Waals surface area contributed by atoms with E-state index >= 15 is 0 Å². The maximum atomic E-state index is 9.27. The van der Waals surface area contributed by atoms with Gasteiger partial charge >= 0.3 is 0 Å². The highest BCUT2D eigenvalue weighted by atomic mass is 16.5. The molecule has 0 bridgehead atoms. The van der Waals surface area contributed by atoms with Crippen molar-refractivity contribution in [3.05, 3.63) is 17.5 Å². The molecule has 1 aromatic heterocycles. The second-order valence-electron chi connectivity index (χ2n) is 6.98. The fourth-order valence-corrected chi connectivity index (χ4v) is 3.62. The van der Waals surface area contributed by atoms with Gasteiger partial charge in [-0.1, -0.05) is 0 Å². The molecular formula is C16H28N4O2. The van der Waals surface area contributed by atoms with E-state index in [9.17, 15) is 5.11 Å². The molecule has 0 atom stereocenters. The van der Waals surface area contributed by atoms with Gasteiger partial charge in [0.2, 0.25) is 0 Å². The molecule has 3 heterocycles. The van der Waals surface area contributed by atoms with Crippen LogP contribution in [-0.4, -0.2) is 69.6 Å². The minimum atomic E-state index is 0.0271. The van der Waals surface area contributed by atoms with Crippen molar-refractivity contribution in [2.45, 2.75) is 45.5 Å². The molecule has 3 rings (SSSR count). The number of aliphatic hydroxyl groups is 1. The molecule has 2 aliphatic rings. The van der Waals surface area contributed by atoms with Crippen LogP contribution >= 0.6 is 0 Å². The van der Waals surface area contributed by atoms with Gasteiger partial charge in [0.15, 0.2) is 0 Å². The zero-order valence-corrected chi connectivity index (χ0v) is 13.8. The van der Waals surface area contributed by atoms with E-state index in [2.05, 4.69) is 33.4 Å². The van der Waals surface area contributed by atoms with Crippen LogP contribution in [0, 0.1) is 0 Å². The van der Waals surface area contributed by atoms with Crippen molar-refractivity contribution in [2.24, 2.45) is 0 Å². The quantitative estimate of drug-likeness (QED) is 0.887. The number of morpholine rings is 1. The summed E-state index contributed by atoms with van der Waals surface area (Å²) in [6.07, 6.45) is 1.11. The molecule has 6 nitrogen and oxygen atoms in total. The fourth-order valence-electron chi connectivity index (χ4n) is 3.62. The fraction of sp³-hybridized carbons (Fsp3) is 0.812. The van der Waals surface area contributed by atoms with E-state index in [4.69, 9.17) is 4.74 Å². The molecule has 0 aliphatic carbocycles. The maximum absolute atomic E-state index is 9.27.